The van der Waals surface area contributed by atoms with E-state index in [1.54, 1.807) is 69.7 Å². The number of thiazole rings is 4. The van der Waals surface area contributed by atoms with Gasteiger partial charge in [-0.05, 0) is 55.4 Å². The van der Waals surface area contributed by atoms with Gasteiger partial charge in [0.2, 0.25) is 17.7 Å². The molecule has 17 heteroatoms. The van der Waals surface area contributed by atoms with Crippen LogP contribution in [-0.4, -0.2) is 105 Å². The van der Waals surface area contributed by atoms with Crippen molar-refractivity contribution in [3.8, 4) is 0 Å². The normalized spacial score (nSPS) is 12.8. The summed E-state index contributed by atoms with van der Waals surface area (Å²) in [5.41, 5.74) is 4.13. The van der Waals surface area contributed by atoms with Crippen LogP contribution in [0.5, 0.6) is 0 Å². The number of hydrogen-bond acceptors (Lipinski definition) is 13. The molecule has 0 aliphatic heterocycles. The van der Waals surface area contributed by atoms with Gasteiger partial charge in [0.15, 0.2) is 0 Å². The Morgan fingerprint density at radius 3 is 0.949 bits per heavy atom. The van der Waals surface area contributed by atoms with Crippen molar-refractivity contribution in [3.05, 3.63) is 64.3 Å². The molecule has 0 aromatic carbocycles. The first-order valence-electron chi connectivity index (χ1n) is 19.6. The number of aryl methyl sites for hydroxylation is 4. The highest BCUT2D eigenvalue weighted by atomic mass is 32.1. The van der Waals surface area contributed by atoms with Crippen molar-refractivity contribution >= 4 is 69.2 Å². The van der Waals surface area contributed by atoms with Crippen molar-refractivity contribution in [1.29, 1.82) is 0 Å². The van der Waals surface area contributed by atoms with Crippen LogP contribution in [0.4, 0.5) is 4.79 Å². The topological polar surface area (TPSA) is 142 Å². The molecule has 0 saturated heterocycles. The molecule has 4 atom stereocenters. The van der Waals surface area contributed by atoms with Crippen LogP contribution in [-0.2, 0) is 19.1 Å². The van der Waals surface area contributed by atoms with Gasteiger partial charge in [-0.1, -0.05) is 41.5 Å². The number of likely N-dealkylation sites (N-methyl/N-ethyl adjacent to an activating group) is 2. The minimum absolute atomic E-state index is 0.0403. The number of carbonyl (C=O) groups is 4. The first kappa shape index (κ1) is 53.2. The summed E-state index contributed by atoms with van der Waals surface area (Å²) in [4.78, 5) is 71.3. The fourth-order valence-corrected chi connectivity index (χ4v) is 8.48. The van der Waals surface area contributed by atoms with E-state index in [1.807, 2.05) is 106 Å². The molecular formula is C42H68N8O5S4. The zero-order chi connectivity index (χ0) is 45.5. The monoisotopic (exact) mass is 892 g/mol. The predicted molar refractivity (Wildman–Crippen MR) is 244 cm³/mol. The Bertz CT molecular complexity index is 1830. The van der Waals surface area contributed by atoms with Crippen LogP contribution >= 0.6 is 45.3 Å². The Morgan fingerprint density at radius 1 is 0.475 bits per heavy atom. The van der Waals surface area contributed by atoms with Crippen molar-refractivity contribution in [2.75, 3.05) is 35.3 Å². The number of rotatable bonds is 11. The highest BCUT2D eigenvalue weighted by Crippen LogP contribution is 2.26. The van der Waals surface area contributed by atoms with Gasteiger partial charge >= 0.3 is 6.09 Å². The number of aromatic nitrogens is 4. The van der Waals surface area contributed by atoms with Gasteiger partial charge in [0.25, 0.3) is 0 Å². The molecule has 0 aliphatic rings. The van der Waals surface area contributed by atoms with E-state index in [4.69, 9.17) is 0 Å². The Hall–Kier alpha value is -3.80. The van der Waals surface area contributed by atoms with Crippen LogP contribution in [0.3, 0.4) is 0 Å². The third-order valence-electron chi connectivity index (χ3n) is 9.29. The molecule has 4 aromatic rings. The second kappa shape index (κ2) is 25.1. The molecule has 4 heterocycles. The van der Waals surface area contributed by atoms with Gasteiger partial charge in [0, 0.05) is 90.2 Å². The maximum atomic E-state index is 12.4. The summed E-state index contributed by atoms with van der Waals surface area (Å²) in [5.74, 6) is 0.838. The summed E-state index contributed by atoms with van der Waals surface area (Å²) in [6.07, 6.45) is -0.531. The van der Waals surface area contributed by atoms with Crippen LogP contribution in [0, 0.1) is 39.5 Å². The molecule has 0 fully saturated rings. The standard InChI is InChI=1S/C13H21N3O3S.2C11H18N2OS.C7H11NS/c1-8-7-20-11(14-8)9(2)15(4)12(17)10(3)16(5)13(18)19-6;2*1-7(2)11(14)13(5)9(4)10-12-8(3)6-15-10;1-5(2)7-8-6(3)4-9-7/h7,9-10H,1-6H3;2*6-7,9H,1-5H3;4-5H,1-3H3/t9-,10-;2*9-;/m000./s1. The van der Waals surface area contributed by atoms with Crippen molar-refractivity contribution in [2.45, 2.75) is 127 Å². The molecule has 0 N–H and O–H groups in total. The summed E-state index contributed by atoms with van der Waals surface area (Å²) in [5, 5.41) is 12.2. The maximum absolute atomic E-state index is 12.4. The van der Waals surface area contributed by atoms with E-state index in [0.29, 0.717) is 5.92 Å². The average Bonchev–Trinajstić information content (AvgIpc) is 4.04. The first-order chi connectivity index (χ1) is 27.3. The molecule has 13 nitrogen and oxygen atoms in total. The lowest BCUT2D eigenvalue weighted by Gasteiger charge is -2.30. The molecule has 4 amide bonds. The molecule has 0 unspecified atom stereocenters. The predicted octanol–water partition coefficient (Wildman–Crippen LogP) is 9.89. The van der Waals surface area contributed by atoms with Gasteiger partial charge in [-0.15, -0.1) is 45.3 Å². The summed E-state index contributed by atoms with van der Waals surface area (Å²) in [6.45, 7) is 27.5. The van der Waals surface area contributed by atoms with Crippen LogP contribution < -0.4 is 0 Å². The smallest absolute Gasteiger partial charge is 0.409 e. The van der Waals surface area contributed by atoms with Crippen LogP contribution in [0.15, 0.2) is 21.5 Å². The molecule has 330 valence electrons. The number of ether oxygens (including phenoxy) is 1. The van der Waals surface area contributed by atoms with E-state index >= 15 is 0 Å². The summed E-state index contributed by atoms with van der Waals surface area (Å²) >= 11 is 6.49. The van der Waals surface area contributed by atoms with Gasteiger partial charge in [0.05, 0.1) is 30.2 Å². The number of carbonyl (C=O) groups excluding carboxylic acids is 4. The Labute approximate surface area is 369 Å². The Morgan fingerprint density at radius 2 is 0.746 bits per heavy atom. The molecular weight excluding hydrogens is 825 g/mol. The van der Waals surface area contributed by atoms with Crippen molar-refractivity contribution < 1.29 is 23.9 Å². The molecule has 0 saturated carbocycles. The third kappa shape index (κ3) is 16.6. The lowest BCUT2D eigenvalue weighted by atomic mass is 10.1. The minimum Gasteiger partial charge on any atom is -0.453 e. The molecule has 0 radical (unpaired) electrons. The van der Waals surface area contributed by atoms with E-state index in [0.717, 1.165) is 37.8 Å². The van der Waals surface area contributed by atoms with E-state index in [2.05, 4.69) is 43.9 Å². The summed E-state index contributed by atoms with van der Waals surface area (Å²) in [6, 6.07) is -0.581. The van der Waals surface area contributed by atoms with Gasteiger partial charge < -0.3 is 19.4 Å². The Kier molecular flexibility index (Phi) is 22.6. The van der Waals surface area contributed by atoms with Crippen molar-refractivity contribution in [2.24, 2.45) is 11.8 Å². The van der Waals surface area contributed by atoms with Crippen molar-refractivity contribution in [3.63, 3.8) is 0 Å². The lowest BCUT2D eigenvalue weighted by molar-refractivity contribution is -0.136. The largest absolute Gasteiger partial charge is 0.453 e. The van der Waals surface area contributed by atoms with E-state index in [1.165, 1.54) is 28.4 Å². The minimum atomic E-state index is -0.587. The molecule has 4 rings (SSSR count). The molecule has 59 heavy (non-hydrogen) atoms. The molecule has 0 aliphatic carbocycles. The molecule has 4 aromatic heterocycles. The fraction of sp³-hybridized carbons (Fsp3) is 0.619. The average molecular weight is 893 g/mol. The number of hydrogen-bond donors (Lipinski definition) is 0. The van der Waals surface area contributed by atoms with E-state index in [-0.39, 0.29) is 47.7 Å². The Balaban J connectivity index is 0.000000406. The number of amides is 4. The molecule has 0 spiro atoms. The van der Waals surface area contributed by atoms with Crippen molar-refractivity contribution in [1.82, 2.24) is 39.5 Å². The SMILES string of the molecule is COC(=O)N(C)[C@@H](C)C(=O)N(C)[C@@H](C)c1nc(C)cs1.Cc1csc(C(C)C)n1.Cc1csc([C@H](C)N(C)C(=O)C(C)C)n1.Cc1csc([C@H](C)N(C)C(=O)C(C)C)n1. The van der Waals surface area contributed by atoms with Gasteiger partial charge in [-0.25, -0.2) is 24.7 Å². The highest BCUT2D eigenvalue weighted by Gasteiger charge is 2.29. The number of methoxy groups -OCH3 is 1. The summed E-state index contributed by atoms with van der Waals surface area (Å²) < 4.78 is 4.62. The van der Waals surface area contributed by atoms with Crippen LogP contribution in [0.1, 0.15) is 136 Å². The van der Waals surface area contributed by atoms with E-state index in [9.17, 15) is 19.2 Å². The zero-order valence-corrected chi connectivity index (χ0v) is 41.9. The summed E-state index contributed by atoms with van der Waals surface area (Å²) in [7, 11) is 8.22. The number of nitrogens with zero attached hydrogens (tertiary/aromatic N) is 8. The first-order valence-corrected chi connectivity index (χ1v) is 23.2. The lowest BCUT2D eigenvalue weighted by Crippen LogP contribution is -2.47. The van der Waals surface area contributed by atoms with Gasteiger partial charge in [-0.3, -0.25) is 19.3 Å². The highest BCUT2D eigenvalue weighted by molar-refractivity contribution is 7.10. The third-order valence-corrected chi connectivity index (χ3v) is 13.9. The molecule has 0 bridgehead atoms. The van der Waals surface area contributed by atoms with E-state index < -0.39 is 12.1 Å². The maximum Gasteiger partial charge on any atom is 0.409 e. The zero-order valence-electron chi connectivity index (χ0n) is 38.6. The van der Waals surface area contributed by atoms with Crippen LogP contribution in [0.2, 0.25) is 0 Å². The second-order valence-electron chi connectivity index (χ2n) is 15.4. The van der Waals surface area contributed by atoms with Crippen LogP contribution in [0.25, 0.3) is 0 Å². The van der Waals surface area contributed by atoms with Gasteiger partial charge in [-0.2, -0.15) is 0 Å². The second-order valence-corrected chi connectivity index (χ2v) is 19.0. The quantitative estimate of drug-likeness (QED) is 0.144. The van der Waals surface area contributed by atoms with Gasteiger partial charge in [0.1, 0.15) is 21.1 Å². The fourth-order valence-electron chi connectivity index (χ4n) is 4.98.